The van der Waals surface area contributed by atoms with Crippen molar-refractivity contribution in [1.29, 1.82) is 0 Å². The SMILES string of the molecule is CC/C=C\C/C=C\C/C=C\C/C=C\C/C=C\C/C=C\CCCCCCCCC(=O)NC(COC1OC(CO)C(OC2OC(CO)C(OC3OC(CO)C(O)C(O)C3O)C(O)C2O)C(O)C1O)C(O)/C=C/CC/C=C/CCCCCCCCCCCCCCCCCCCCC. The summed E-state index contributed by atoms with van der Waals surface area (Å²) >= 11 is 0. The fraction of sp³-hybridized carbons (Fsp3) is 0.776. The number of hydrogen-bond donors (Lipinski definition) is 12. The van der Waals surface area contributed by atoms with Crippen LogP contribution in [0.4, 0.5) is 0 Å². The molecule has 3 saturated heterocycles. The Kier molecular flexibility index (Phi) is 51.1. The van der Waals surface area contributed by atoms with Crippen LogP contribution in [0.15, 0.2) is 97.2 Å². The molecular formula is C76H131NO18. The van der Waals surface area contributed by atoms with Crippen molar-refractivity contribution in [3.8, 4) is 0 Å². The Labute approximate surface area is 571 Å². The zero-order valence-corrected chi connectivity index (χ0v) is 58.1. The zero-order chi connectivity index (χ0) is 68.9. The van der Waals surface area contributed by atoms with Gasteiger partial charge in [0.05, 0.1) is 38.6 Å². The molecule has 17 unspecified atom stereocenters. The largest absolute Gasteiger partial charge is 0.394 e. The van der Waals surface area contributed by atoms with E-state index in [2.05, 4.69) is 104 Å². The summed E-state index contributed by atoms with van der Waals surface area (Å²) in [6, 6.07) is -1.01. The predicted octanol–water partition coefficient (Wildman–Crippen LogP) is 10.8. The first kappa shape index (κ1) is 85.9. The Morgan fingerprint density at radius 3 is 1.18 bits per heavy atom. The van der Waals surface area contributed by atoms with E-state index in [4.69, 9.17) is 28.4 Å². The van der Waals surface area contributed by atoms with Crippen LogP contribution in [0.2, 0.25) is 0 Å². The van der Waals surface area contributed by atoms with Crippen molar-refractivity contribution in [3.63, 3.8) is 0 Å². The first-order chi connectivity index (χ1) is 46.3. The van der Waals surface area contributed by atoms with E-state index in [9.17, 15) is 61.0 Å². The van der Waals surface area contributed by atoms with Gasteiger partial charge in [-0.05, 0) is 83.5 Å². The number of carbonyl (C=O) groups is 1. The molecular weight excluding hydrogens is 1210 g/mol. The summed E-state index contributed by atoms with van der Waals surface area (Å²) in [5, 5.41) is 121. The van der Waals surface area contributed by atoms with Crippen molar-refractivity contribution in [3.05, 3.63) is 97.2 Å². The van der Waals surface area contributed by atoms with Crippen LogP contribution in [0, 0.1) is 0 Å². The van der Waals surface area contributed by atoms with Crippen molar-refractivity contribution in [2.45, 2.75) is 349 Å². The second kappa shape index (κ2) is 56.5. The molecule has 0 spiro atoms. The van der Waals surface area contributed by atoms with Crippen LogP contribution < -0.4 is 5.32 Å². The third-order valence-corrected chi connectivity index (χ3v) is 17.9. The minimum Gasteiger partial charge on any atom is -0.394 e. The van der Waals surface area contributed by atoms with Gasteiger partial charge in [0.1, 0.15) is 73.2 Å². The van der Waals surface area contributed by atoms with Gasteiger partial charge < -0.3 is 89.9 Å². The molecule has 0 bridgehead atoms. The van der Waals surface area contributed by atoms with E-state index < -0.39 is 124 Å². The molecule has 17 atom stereocenters. The molecule has 3 heterocycles. The highest BCUT2D eigenvalue weighted by Gasteiger charge is 2.53. The lowest BCUT2D eigenvalue weighted by Gasteiger charge is -2.48. The summed E-state index contributed by atoms with van der Waals surface area (Å²) in [6.07, 6.45) is 48.1. The second-order valence-corrected chi connectivity index (χ2v) is 26.0. The Morgan fingerprint density at radius 2 is 0.737 bits per heavy atom. The fourth-order valence-electron chi connectivity index (χ4n) is 11.9. The molecule has 3 fully saturated rings. The Hall–Kier alpha value is -3.29. The van der Waals surface area contributed by atoms with E-state index in [1.54, 1.807) is 6.08 Å². The molecule has 3 aliphatic rings. The number of hydrogen-bond acceptors (Lipinski definition) is 18. The van der Waals surface area contributed by atoms with Gasteiger partial charge in [-0.1, -0.05) is 252 Å². The minimum absolute atomic E-state index is 0.212. The highest BCUT2D eigenvalue weighted by molar-refractivity contribution is 5.76. The standard InChI is InChI=1S/C76H131NO18/c1-3-5-7-9-11-13-15-17-19-21-23-25-27-29-31-33-35-37-39-41-43-45-47-49-51-53-60(81)59(77-64(82)54-52-50-48-46-44-42-40-38-36-34-32-30-28-26-24-22-20-18-16-14-12-10-8-6-4-2)58-90-74-70(88)67(85)72(62(56-79)92-74)95-76-71(89)68(86)73(63(57-80)93-76)94-75-69(87)66(84)65(83)61(55-78)91-75/h6,8,12,14,18,20,24,26,30,32,36,38,43,45,51,53,59-63,65-76,78-81,83-89H,3-5,7,9-11,13,15-17,19,21-23,25,27-29,31,33-35,37,39-42,44,46-50,52,54-58H2,1-2H3,(H,77,82)/b8-6-,14-12-,20-18-,26-24-,32-30-,38-36-,45-43+,53-51+. The highest BCUT2D eigenvalue weighted by Crippen LogP contribution is 2.33. The molecule has 3 aliphatic heterocycles. The Morgan fingerprint density at radius 1 is 0.389 bits per heavy atom. The van der Waals surface area contributed by atoms with E-state index in [0.29, 0.717) is 12.8 Å². The molecule has 0 aromatic carbocycles. The highest BCUT2D eigenvalue weighted by atomic mass is 16.8. The van der Waals surface area contributed by atoms with Crippen LogP contribution in [0.25, 0.3) is 0 Å². The number of amides is 1. The number of unbranched alkanes of at least 4 members (excludes halogenated alkanes) is 26. The summed E-state index contributed by atoms with van der Waals surface area (Å²) in [4.78, 5) is 13.4. The molecule has 548 valence electrons. The van der Waals surface area contributed by atoms with Gasteiger partial charge in [0.15, 0.2) is 18.9 Å². The van der Waals surface area contributed by atoms with E-state index in [0.717, 1.165) is 96.3 Å². The van der Waals surface area contributed by atoms with Crippen molar-refractivity contribution in [1.82, 2.24) is 5.32 Å². The monoisotopic (exact) mass is 1350 g/mol. The summed E-state index contributed by atoms with van der Waals surface area (Å²) < 4.78 is 34.4. The van der Waals surface area contributed by atoms with E-state index in [1.165, 1.54) is 116 Å². The van der Waals surface area contributed by atoms with Crippen LogP contribution in [-0.2, 0) is 33.2 Å². The van der Waals surface area contributed by atoms with Crippen LogP contribution in [0.1, 0.15) is 245 Å². The van der Waals surface area contributed by atoms with E-state index in [1.807, 2.05) is 6.08 Å². The Balaban J connectivity index is 1.44. The predicted molar refractivity (Wildman–Crippen MR) is 374 cm³/mol. The number of aliphatic hydroxyl groups is 11. The van der Waals surface area contributed by atoms with Crippen molar-refractivity contribution in [2.24, 2.45) is 0 Å². The van der Waals surface area contributed by atoms with Gasteiger partial charge in [0.25, 0.3) is 0 Å². The van der Waals surface area contributed by atoms with Gasteiger partial charge in [-0.2, -0.15) is 0 Å². The second-order valence-electron chi connectivity index (χ2n) is 26.0. The number of aliphatic hydroxyl groups excluding tert-OH is 11. The minimum atomic E-state index is -1.99. The van der Waals surface area contributed by atoms with Crippen LogP contribution in [0.5, 0.6) is 0 Å². The molecule has 95 heavy (non-hydrogen) atoms. The number of rotatable bonds is 56. The summed E-state index contributed by atoms with van der Waals surface area (Å²) in [5.41, 5.74) is 0. The number of nitrogens with one attached hydrogen (secondary N) is 1. The lowest BCUT2D eigenvalue weighted by Crippen LogP contribution is -2.66. The van der Waals surface area contributed by atoms with Gasteiger partial charge >= 0.3 is 0 Å². The van der Waals surface area contributed by atoms with Crippen LogP contribution in [-0.4, -0.2) is 193 Å². The van der Waals surface area contributed by atoms with E-state index in [-0.39, 0.29) is 18.9 Å². The molecule has 0 aromatic rings. The summed E-state index contributed by atoms with van der Waals surface area (Å²) in [7, 11) is 0. The maximum absolute atomic E-state index is 13.4. The van der Waals surface area contributed by atoms with Gasteiger partial charge in [0, 0.05) is 6.42 Å². The average molecular weight is 1350 g/mol. The van der Waals surface area contributed by atoms with E-state index >= 15 is 0 Å². The average Bonchev–Trinajstić information content (AvgIpc) is 0.787. The molecule has 12 N–H and O–H groups in total. The van der Waals surface area contributed by atoms with Crippen molar-refractivity contribution < 1.29 is 89.4 Å². The van der Waals surface area contributed by atoms with Crippen molar-refractivity contribution in [2.75, 3.05) is 26.4 Å². The molecule has 19 heteroatoms. The maximum atomic E-state index is 13.4. The lowest BCUT2D eigenvalue weighted by molar-refractivity contribution is -0.379. The topological polar surface area (TPSA) is 307 Å². The summed E-state index contributed by atoms with van der Waals surface area (Å²) in [5.74, 6) is -0.302. The fourth-order valence-corrected chi connectivity index (χ4v) is 11.9. The maximum Gasteiger partial charge on any atom is 0.220 e. The third-order valence-electron chi connectivity index (χ3n) is 17.9. The number of allylic oxidation sites excluding steroid dienone is 15. The number of ether oxygens (including phenoxy) is 6. The third kappa shape index (κ3) is 37.6. The molecule has 3 rings (SSSR count). The number of carbonyl (C=O) groups excluding carboxylic acids is 1. The van der Waals surface area contributed by atoms with Gasteiger partial charge in [-0.15, -0.1) is 0 Å². The van der Waals surface area contributed by atoms with Crippen LogP contribution >= 0.6 is 0 Å². The molecule has 1 amide bonds. The molecule has 0 aliphatic carbocycles. The van der Waals surface area contributed by atoms with Crippen molar-refractivity contribution >= 4 is 5.91 Å². The normalized spacial score (nSPS) is 27.8. The van der Waals surface area contributed by atoms with Crippen LogP contribution in [0.3, 0.4) is 0 Å². The quantitative estimate of drug-likeness (QED) is 0.0199. The lowest BCUT2D eigenvalue weighted by atomic mass is 9.96. The van der Waals surface area contributed by atoms with Gasteiger partial charge in [0.2, 0.25) is 5.91 Å². The molecule has 19 nitrogen and oxygen atoms in total. The zero-order valence-electron chi connectivity index (χ0n) is 58.1. The van der Waals surface area contributed by atoms with Gasteiger partial charge in [-0.3, -0.25) is 4.79 Å². The molecule has 0 radical (unpaired) electrons. The molecule has 0 aromatic heterocycles. The molecule has 0 saturated carbocycles. The smallest absolute Gasteiger partial charge is 0.220 e. The first-order valence-electron chi connectivity index (χ1n) is 37.0. The van der Waals surface area contributed by atoms with Gasteiger partial charge in [-0.25, -0.2) is 0 Å². The first-order valence-corrected chi connectivity index (χ1v) is 37.0. The Bertz CT molecular complexity index is 2100. The summed E-state index contributed by atoms with van der Waals surface area (Å²) in [6.45, 7) is 1.60.